The molecule has 0 saturated heterocycles. The number of hydrogen-bond donors (Lipinski definition) is 4. The molecule has 2 N–H and O–H groups in total. The largest absolute Gasteiger partial charge is 0.339 e. The maximum Gasteiger partial charge on any atom is 0.104 e. The maximum absolute atomic E-state index is 9.95. The normalized spacial score (nSPS) is 18.1. The van der Waals surface area contributed by atoms with Crippen molar-refractivity contribution < 1.29 is 0 Å². The highest BCUT2D eigenvalue weighted by Gasteiger charge is 2.21. The van der Waals surface area contributed by atoms with Gasteiger partial charge >= 0.3 is 0 Å². The Kier molecular flexibility index (Phi) is 8.01. The van der Waals surface area contributed by atoms with Crippen molar-refractivity contribution in [2.75, 3.05) is 0 Å². The van der Waals surface area contributed by atoms with Crippen molar-refractivity contribution >= 4 is 104 Å². The van der Waals surface area contributed by atoms with Crippen LogP contribution in [-0.2, 0) is 6.54 Å². The van der Waals surface area contributed by atoms with Crippen LogP contribution in [0.3, 0.4) is 0 Å². The van der Waals surface area contributed by atoms with E-state index in [9.17, 15) is 10.5 Å². The van der Waals surface area contributed by atoms with E-state index in [1.807, 2.05) is 12.2 Å². The van der Waals surface area contributed by atoms with E-state index in [-0.39, 0.29) is 11.4 Å². The van der Waals surface area contributed by atoms with E-state index >= 15 is 0 Å². The van der Waals surface area contributed by atoms with Gasteiger partial charge in [-0.05, 0) is 68.5 Å². The van der Waals surface area contributed by atoms with E-state index in [2.05, 4.69) is 70.2 Å². The molecular formula is C29H21N7S4. The molecule has 0 unspecified atom stereocenters. The minimum atomic E-state index is 0.210. The smallest absolute Gasteiger partial charge is 0.104 e. The first-order valence-corrected chi connectivity index (χ1v) is 14.6. The summed E-state index contributed by atoms with van der Waals surface area (Å²) in [6, 6.07) is 8.72. The fourth-order valence-electron chi connectivity index (χ4n) is 4.62. The van der Waals surface area contributed by atoms with Crippen LogP contribution >= 0.6 is 48.3 Å². The Hall–Kier alpha value is -4.00. The first kappa shape index (κ1) is 27.6. The van der Waals surface area contributed by atoms with Gasteiger partial charge in [0, 0.05) is 27.4 Å². The zero-order valence-electron chi connectivity index (χ0n) is 21.1. The molecule has 5 rings (SSSR count). The predicted octanol–water partition coefficient (Wildman–Crippen LogP) is 7.75. The molecule has 3 aromatic heterocycles. The Morgan fingerprint density at radius 2 is 1.32 bits per heavy atom. The summed E-state index contributed by atoms with van der Waals surface area (Å²) in [5.41, 5.74) is 5.32. The first-order valence-electron chi connectivity index (χ1n) is 12.1. The number of fused-ring (bicyclic) bond motifs is 3. The SMILES string of the molecule is CCCn1c2cc(/C=C(\C#N)C3=CC=CC(=N)/C3=N\S)sc2c2sc(/C=C(\C#N)C3=CC=CC(=N)/C3=N\S)cc21. The van der Waals surface area contributed by atoms with Gasteiger partial charge in [0.05, 0.1) is 55.1 Å². The van der Waals surface area contributed by atoms with Crippen LogP contribution in [0.1, 0.15) is 23.1 Å². The van der Waals surface area contributed by atoms with Gasteiger partial charge in [0.1, 0.15) is 11.4 Å². The van der Waals surface area contributed by atoms with Gasteiger partial charge in [0.25, 0.3) is 0 Å². The molecule has 0 saturated carbocycles. The van der Waals surface area contributed by atoms with Crippen LogP contribution < -0.4 is 0 Å². The second kappa shape index (κ2) is 11.6. The average Bonchev–Trinajstić information content (AvgIpc) is 3.62. The standard InChI is InChI=1S/C29H21N7S4/c1-2-9-36-24-12-18(10-16(14-30)20-5-3-7-22(32)26(20)34-37)39-28(24)29-25(36)13-19(40-29)11-17(15-31)21-6-4-8-23(33)27(21)35-38/h3-8,10-13,32-33,37-38H,2,9H2,1H3/b16-10+,17-11+,32-22?,33-23?,34-26-,35-27-. The van der Waals surface area contributed by atoms with Crippen molar-refractivity contribution in [3.05, 3.63) is 80.6 Å². The van der Waals surface area contributed by atoms with Crippen LogP contribution in [0, 0.1) is 33.5 Å². The van der Waals surface area contributed by atoms with Crippen LogP contribution in [0.15, 0.2) is 79.7 Å². The quantitative estimate of drug-likeness (QED) is 0.132. The summed E-state index contributed by atoms with van der Waals surface area (Å²) in [5.74, 6) is 0. The lowest BCUT2D eigenvalue weighted by atomic mass is 9.94. The van der Waals surface area contributed by atoms with Gasteiger partial charge in [0.15, 0.2) is 0 Å². The molecule has 196 valence electrons. The Bertz CT molecular complexity index is 1800. The average molecular weight is 596 g/mol. The number of rotatable bonds is 6. The van der Waals surface area contributed by atoms with E-state index in [1.165, 1.54) is 0 Å². The van der Waals surface area contributed by atoms with Crippen molar-refractivity contribution in [2.24, 2.45) is 8.80 Å². The zero-order valence-corrected chi connectivity index (χ0v) is 24.6. The van der Waals surface area contributed by atoms with E-state index in [0.29, 0.717) is 33.7 Å². The molecule has 2 aliphatic carbocycles. The van der Waals surface area contributed by atoms with Gasteiger partial charge in [-0.2, -0.15) is 10.5 Å². The van der Waals surface area contributed by atoms with E-state index in [0.717, 1.165) is 43.2 Å². The summed E-state index contributed by atoms with van der Waals surface area (Å²) in [6.45, 7) is 2.95. The van der Waals surface area contributed by atoms with Crippen molar-refractivity contribution in [2.45, 2.75) is 19.9 Å². The molecule has 3 aromatic rings. The van der Waals surface area contributed by atoms with Gasteiger partial charge in [0.2, 0.25) is 0 Å². The van der Waals surface area contributed by atoms with Gasteiger partial charge in [-0.15, -0.1) is 22.7 Å². The summed E-state index contributed by atoms with van der Waals surface area (Å²) in [7, 11) is 0. The second-order valence-corrected chi connectivity index (χ2v) is 11.4. The number of aromatic nitrogens is 1. The third-order valence-electron chi connectivity index (χ3n) is 6.36. The van der Waals surface area contributed by atoms with Crippen LogP contribution in [0.4, 0.5) is 0 Å². The second-order valence-electron chi connectivity index (χ2n) is 8.82. The molecule has 7 nitrogen and oxygen atoms in total. The molecule has 0 radical (unpaired) electrons. The fraction of sp³-hybridized carbons (Fsp3) is 0.103. The minimum absolute atomic E-state index is 0.210. The molecule has 0 fully saturated rings. The summed E-state index contributed by atoms with van der Waals surface area (Å²) >= 11 is 11.2. The maximum atomic E-state index is 9.95. The van der Waals surface area contributed by atoms with Gasteiger partial charge < -0.3 is 4.57 Å². The summed E-state index contributed by atoms with van der Waals surface area (Å²) in [6.07, 6.45) is 14.9. The number of nitrogens with zero attached hydrogens (tertiary/aromatic N) is 5. The van der Waals surface area contributed by atoms with Crippen molar-refractivity contribution in [3.8, 4) is 12.1 Å². The van der Waals surface area contributed by atoms with Crippen LogP contribution in [-0.4, -0.2) is 27.4 Å². The lowest BCUT2D eigenvalue weighted by Gasteiger charge is -2.11. The van der Waals surface area contributed by atoms with Crippen LogP contribution in [0.25, 0.3) is 32.6 Å². The highest BCUT2D eigenvalue weighted by atomic mass is 32.1. The summed E-state index contributed by atoms with van der Waals surface area (Å²) < 4.78 is 12.4. The molecule has 3 heterocycles. The third-order valence-corrected chi connectivity index (χ3v) is 9.07. The molecule has 0 aliphatic heterocycles. The Balaban J connectivity index is 1.61. The molecule has 0 atom stereocenters. The lowest BCUT2D eigenvalue weighted by molar-refractivity contribution is 0.724. The first-order chi connectivity index (χ1) is 19.4. The summed E-state index contributed by atoms with van der Waals surface area (Å²) in [4.78, 5) is 1.84. The van der Waals surface area contributed by atoms with Gasteiger partial charge in [-0.1, -0.05) is 31.2 Å². The number of nitrogens with one attached hydrogen (secondary N) is 2. The van der Waals surface area contributed by atoms with Gasteiger partial charge in [-0.25, -0.2) is 8.80 Å². The van der Waals surface area contributed by atoms with Crippen molar-refractivity contribution in [1.29, 1.82) is 21.3 Å². The Morgan fingerprint density at radius 3 is 1.70 bits per heavy atom. The van der Waals surface area contributed by atoms with Crippen LogP contribution in [0.2, 0.25) is 0 Å². The number of hydrogen-bond acceptors (Lipinski definition) is 10. The lowest BCUT2D eigenvalue weighted by Crippen LogP contribution is -2.16. The highest BCUT2D eigenvalue weighted by Crippen LogP contribution is 2.42. The molecule has 11 heteroatoms. The zero-order chi connectivity index (χ0) is 28.4. The minimum Gasteiger partial charge on any atom is -0.339 e. The molecule has 0 amide bonds. The Labute approximate surface area is 250 Å². The molecule has 2 aliphatic rings. The molecule has 0 aromatic carbocycles. The van der Waals surface area contributed by atoms with Gasteiger partial charge in [-0.3, -0.25) is 10.8 Å². The Morgan fingerprint density at radius 1 is 0.875 bits per heavy atom. The molecular weight excluding hydrogens is 575 g/mol. The fourth-order valence-corrected chi connectivity index (χ4v) is 7.41. The van der Waals surface area contributed by atoms with Crippen LogP contribution in [0.5, 0.6) is 0 Å². The van der Waals surface area contributed by atoms with E-state index in [4.69, 9.17) is 10.8 Å². The van der Waals surface area contributed by atoms with Crippen molar-refractivity contribution in [3.63, 3.8) is 0 Å². The number of thiophene rings is 2. The summed E-state index contributed by atoms with van der Waals surface area (Å²) in [5, 5.41) is 36.1. The molecule has 40 heavy (non-hydrogen) atoms. The molecule has 0 bridgehead atoms. The third kappa shape index (κ3) is 4.89. The van der Waals surface area contributed by atoms with E-state index in [1.54, 1.807) is 59.1 Å². The topological polar surface area (TPSA) is 125 Å². The number of nitriles is 2. The highest BCUT2D eigenvalue weighted by molar-refractivity contribution is 7.79. The molecule has 0 spiro atoms. The number of allylic oxidation sites excluding steroid dienone is 10. The van der Waals surface area contributed by atoms with Crippen molar-refractivity contribution in [1.82, 2.24) is 4.57 Å². The monoisotopic (exact) mass is 595 g/mol. The number of aryl methyl sites for hydroxylation is 1. The number of thiol groups is 2. The van der Waals surface area contributed by atoms with E-state index < -0.39 is 0 Å². The predicted molar refractivity (Wildman–Crippen MR) is 175 cm³/mol.